The summed E-state index contributed by atoms with van der Waals surface area (Å²) in [4.78, 5) is 0. The molecule has 0 saturated carbocycles. The van der Waals surface area contributed by atoms with Crippen molar-refractivity contribution in [3.63, 3.8) is 0 Å². The van der Waals surface area contributed by atoms with E-state index in [1.165, 1.54) is 16.7 Å². The van der Waals surface area contributed by atoms with E-state index in [1.807, 2.05) is 7.05 Å². The Morgan fingerprint density at radius 2 is 1.52 bits per heavy atom. The first-order valence-corrected chi connectivity index (χ1v) is 8.21. The number of rotatable bonds is 4. The van der Waals surface area contributed by atoms with Crippen molar-refractivity contribution in [2.75, 3.05) is 7.05 Å². The predicted octanol–water partition coefficient (Wildman–Crippen LogP) is 5.25. The maximum atomic E-state index is 3.48. The summed E-state index contributed by atoms with van der Waals surface area (Å²) in [6, 6.07) is 17.9. The molecule has 0 bridgehead atoms. The number of nitrogens with one attached hydrogen (secondary N) is 1. The summed E-state index contributed by atoms with van der Waals surface area (Å²) in [5, 5.41) is 3.43. The van der Waals surface area contributed by atoms with Gasteiger partial charge in [-0.05, 0) is 47.7 Å². The average molecular weight is 346 g/mol. The van der Waals surface area contributed by atoms with Gasteiger partial charge in [-0.15, -0.1) is 0 Å². The molecule has 0 aliphatic rings. The van der Waals surface area contributed by atoms with Gasteiger partial charge in [0.1, 0.15) is 0 Å². The standard InChI is InChI=1S/C19H24BrN/c1-19(2,3)16-9-7-15(8-10-16)18(21-4)13-14-5-11-17(20)12-6-14/h5-12,18,21H,13H2,1-4H3. The van der Waals surface area contributed by atoms with Crippen LogP contribution < -0.4 is 5.32 Å². The average Bonchev–Trinajstić information content (AvgIpc) is 2.46. The second-order valence-corrected chi connectivity index (χ2v) is 7.46. The van der Waals surface area contributed by atoms with Gasteiger partial charge < -0.3 is 5.32 Å². The van der Waals surface area contributed by atoms with Gasteiger partial charge >= 0.3 is 0 Å². The Kier molecular flexibility index (Phi) is 5.23. The third-order valence-corrected chi connectivity index (χ3v) is 4.41. The molecule has 0 saturated heterocycles. The van der Waals surface area contributed by atoms with Crippen LogP contribution in [0.3, 0.4) is 0 Å². The summed E-state index contributed by atoms with van der Waals surface area (Å²) < 4.78 is 1.13. The second-order valence-electron chi connectivity index (χ2n) is 6.54. The Balaban J connectivity index is 2.15. The van der Waals surface area contributed by atoms with E-state index in [-0.39, 0.29) is 5.41 Å². The van der Waals surface area contributed by atoms with Crippen molar-refractivity contribution in [2.45, 2.75) is 38.6 Å². The van der Waals surface area contributed by atoms with Crippen LogP contribution in [0.5, 0.6) is 0 Å². The van der Waals surface area contributed by atoms with Crippen LogP contribution in [-0.2, 0) is 11.8 Å². The lowest BCUT2D eigenvalue weighted by molar-refractivity contribution is 0.580. The highest BCUT2D eigenvalue weighted by Gasteiger charge is 2.15. The first kappa shape index (κ1) is 16.3. The molecule has 0 heterocycles. The van der Waals surface area contributed by atoms with Crippen LogP contribution in [0.2, 0.25) is 0 Å². The molecule has 2 aromatic carbocycles. The zero-order chi connectivity index (χ0) is 15.5. The molecule has 1 N–H and O–H groups in total. The molecule has 112 valence electrons. The van der Waals surface area contributed by atoms with E-state index in [9.17, 15) is 0 Å². The normalized spacial score (nSPS) is 13.2. The number of hydrogen-bond donors (Lipinski definition) is 1. The van der Waals surface area contributed by atoms with Crippen LogP contribution >= 0.6 is 15.9 Å². The molecule has 0 aromatic heterocycles. The summed E-state index contributed by atoms with van der Waals surface area (Å²) >= 11 is 3.48. The molecule has 1 atom stereocenters. The van der Waals surface area contributed by atoms with Crippen molar-refractivity contribution in [1.82, 2.24) is 5.32 Å². The fourth-order valence-corrected chi connectivity index (χ4v) is 2.72. The van der Waals surface area contributed by atoms with Crippen molar-refractivity contribution >= 4 is 15.9 Å². The molecule has 2 aromatic rings. The maximum absolute atomic E-state index is 3.48. The molecule has 0 fully saturated rings. The van der Waals surface area contributed by atoms with E-state index in [2.05, 4.69) is 90.5 Å². The molecule has 1 nitrogen and oxygen atoms in total. The summed E-state index contributed by atoms with van der Waals surface area (Å²) in [5.41, 5.74) is 4.27. The third kappa shape index (κ3) is 4.42. The smallest absolute Gasteiger partial charge is 0.0358 e. The van der Waals surface area contributed by atoms with Gasteiger partial charge in [-0.2, -0.15) is 0 Å². The summed E-state index contributed by atoms with van der Waals surface area (Å²) in [6.45, 7) is 6.75. The molecule has 0 aliphatic carbocycles. The number of likely N-dealkylation sites (N-methyl/N-ethyl adjacent to an activating group) is 1. The third-order valence-electron chi connectivity index (χ3n) is 3.88. The van der Waals surface area contributed by atoms with Crippen molar-refractivity contribution in [3.8, 4) is 0 Å². The monoisotopic (exact) mass is 345 g/mol. The number of halogens is 1. The molecular formula is C19H24BrN. The molecule has 0 amide bonds. The second kappa shape index (κ2) is 6.76. The Morgan fingerprint density at radius 1 is 0.952 bits per heavy atom. The van der Waals surface area contributed by atoms with Gasteiger partial charge in [0.2, 0.25) is 0 Å². The lowest BCUT2D eigenvalue weighted by Gasteiger charge is -2.21. The molecule has 2 heteroatoms. The number of hydrogen-bond acceptors (Lipinski definition) is 1. The van der Waals surface area contributed by atoms with Gasteiger partial charge in [-0.1, -0.05) is 73.1 Å². The predicted molar refractivity (Wildman–Crippen MR) is 94.8 cm³/mol. The SMILES string of the molecule is CNC(Cc1ccc(Br)cc1)c1ccc(C(C)(C)C)cc1. The summed E-state index contributed by atoms with van der Waals surface area (Å²) in [5.74, 6) is 0. The first-order valence-electron chi connectivity index (χ1n) is 7.42. The van der Waals surface area contributed by atoms with E-state index in [0.29, 0.717) is 6.04 Å². The van der Waals surface area contributed by atoms with E-state index in [1.54, 1.807) is 0 Å². The van der Waals surface area contributed by atoms with Gasteiger partial charge in [0.15, 0.2) is 0 Å². The lowest BCUT2D eigenvalue weighted by atomic mass is 9.86. The zero-order valence-electron chi connectivity index (χ0n) is 13.3. The summed E-state index contributed by atoms with van der Waals surface area (Å²) in [7, 11) is 2.03. The van der Waals surface area contributed by atoms with Gasteiger partial charge in [-0.3, -0.25) is 0 Å². The van der Waals surface area contributed by atoms with Crippen molar-refractivity contribution in [2.24, 2.45) is 0 Å². The van der Waals surface area contributed by atoms with E-state index < -0.39 is 0 Å². The first-order chi connectivity index (χ1) is 9.90. The molecule has 1 unspecified atom stereocenters. The van der Waals surface area contributed by atoms with Crippen LogP contribution in [-0.4, -0.2) is 7.05 Å². The molecule has 0 aliphatic heterocycles. The van der Waals surface area contributed by atoms with Crippen molar-refractivity contribution in [1.29, 1.82) is 0 Å². The quantitative estimate of drug-likeness (QED) is 0.797. The van der Waals surface area contributed by atoms with Crippen LogP contribution in [0.1, 0.15) is 43.5 Å². The van der Waals surface area contributed by atoms with Gasteiger partial charge in [-0.25, -0.2) is 0 Å². The Labute approximate surface area is 136 Å². The highest BCUT2D eigenvalue weighted by atomic mass is 79.9. The maximum Gasteiger partial charge on any atom is 0.0358 e. The van der Waals surface area contributed by atoms with E-state index >= 15 is 0 Å². The van der Waals surface area contributed by atoms with Gasteiger partial charge in [0.25, 0.3) is 0 Å². The molecule has 21 heavy (non-hydrogen) atoms. The largest absolute Gasteiger partial charge is 0.313 e. The molecule has 2 rings (SSSR count). The summed E-state index contributed by atoms with van der Waals surface area (Å²) in [6.07, 6.45) is 0.999. The topological polar surface area (TPSA) is 12.0 Å². The van der Waals surface area contributed by atoms with E-state index in [4.69, 9.17) is 0 Å². The van der Waals surface area contributed by atoms with E-state index in [0.717, 1.165) is 10.9 Å². The van der Waals surface area contributed by atoms with Crippen molar-refractivity contribution < 1.29 is 0 Å². The van der Waals surface area contributed by atoms with Gasteiger partial charge in [0.05, 0.1) is 0 Å². The van der Waals surface area contributed by atoms with Crippen molar-refractivity contribution in [3.05, 3.63) is 69.7 Å². The minimum atomic E-state index is 0.208. The molecule has 0 spiro atoms. The lowest BCUT2D eigenvalue weighted by Crippen LogP contribution is -2.19. The highest BCUT2D eigenvalue weighted by Crippen LogP contribution is 2.25. The van der Waals surface area contributed by atoms with Crippen LogP contribution in [0.25, 0.3) is 0 Å². The zero-order valence-corrected chi connectivity index (χ0v) is 14.9. The molecular weight excluding hydrogens is 322 g/mol. The molecule has 0 radical (unpaired) electrons. The Bertz CT molecular complexity index is 564. The van der Waals surface area contributed by atoms with Crippen LogP contribution in [0.15, 0.2) is 53.0 Å². The van der Waals surface area contributed by atoms with Gasteiger partial charge in [0, 0.05) is 10.5 Å². The Morgan fingerprint density at radius 3 is 2.00 bits per heavy atom. The Hall–Kier alpha value is -1.12. The minimum absolute atomic E-state index is 0.208. The van der Waals surface area contributed by atoms with Crippen LogP contribution in [0.4, 0.5) is 0 Å². The highest BCUT2D eigenvalue weighted by molar-refractivity contribution is 9.10. The number of benzene rings is 2. The fourth-order valence-electron chi connectivity index (χ4n) is 2.46. The van der Waals surface area contributed by atoms with Crippen LogP contribution in [0, 0.1) is 0 Å². The fraction of sp³-hybridized carbons (Fsp3) is 0.368. The minimum Gasteiger partial charge on any atom is -0.313 e.